The van der Waals surface area contributed by atoms with E-state index in [1.165, 1.54) is 45.6 Å². The topological polar surface area (TPSA) is 0 Å². The Hall–Kier alpha value is 0.880. The van der Waals surface area contributed by atoms with Crippen molar-refractivity contribution in [2.24, 2.45) is 0 Å². The van der Waals surface area contributed by atoms with E-state index in [1.54, 1.807) is 0 Å². The predicted molar refractivity (Wildman–Crippen MR) is 90.7 cm³/mol. The van der Waals surface area contributed by atoms with E-state index in [0.717, 1.165) is 0 Å². The van der Waals surface area contributed by atoms with Crippen molar-refractivity contribution < 1.29 is 34.0 Å². The SMILES string of the molecule is CC[S+](CC)Cc1ccc(C[S+](CC)CC)cc1.[Br-].[Br-]. The van der Waals surface area contributed by atoms with Gasteiger partial charge >= 0.3 is 0 Å². The zero-order valence-corrected chi connectivity index (χ0v) is 17.9. The van der Waals surface area contributed by atoms with Gasteiger partial charge in [0.25, 0.3) is 0 Å². The fourth-order valence-corrected chi connectivity index (χ4v) is 4.98. The molecule has 20 heavy (non-hydrogen) atoms. The van der Waals surface area contributed by atoms with E-state index in [4.69, 9.17) is 0 Å². The largest absolute Gasteiger partial charge is 1.00 e. The summed E-state index contributed by atoms with van der Waals surface area (Å²) < 4.78 is 0. The summed E-state index contributed by atoms with van der Waals surface area (Å²) in [7, 11) is 1.18. The summed E-state index contributed by atoms with van der Waals surface area (Å²) in [4.78, 5) is 0. The zero-order chi connectivity index (χ0) is 13.4. The molecule has 1 aromatic rings. The van der Waals surface area contributed by atoms with Crippen LogP contribution in [0.15, 0.2) is 24.3 Å². The van der Waals surface area contributed by atoms with Crippen molar-refractivity contribution in [1.82, 2.24) is 0 Å². The molecule has 0 saturated carbocycles. The Bertz CT molecular complexity index is 287. The Morgan fingerprint density at radius 1 is 0.600 bits per heavy atom. The molecule has 0 bridgehead atoms. The maximum Gasteiger partial charge on any atom is 0.133 e. The van der Waals surface area contributed by atoms with Gasteiger partial charge in [-0.2, -0.15) is 0 Å². The lowest BCUT2D eigenvalue weighted by Crippen LogP contribution is -3.00. The van der Waals surface area contributed by atoms with E-state index >= 15 is 0 Å². The lowest BCUT2D eigenvalue weighted by atomic mass is 10.2. The molecule has 0 aliphatic rings. The average molecular weight is 444 g/mol. The Morgan fingerprint density at radius 2 is 0.850 bits per heavy atom. The average Bonchev–Trinajstić information content (AvgIpc) is 2.43. The molecule has 0 nitrogen and oxygen atoms in total. The Kier molecular flexibility index (Phi) is 15.7. The number of benzene rings is 1. The summed E-state index contributed by atoms with van der Waals surface area (Å²) in [6.45, 7) is 9.26. The molecule has 0 fully saturated rings. The van der Waals surface area contributed by atoms with Crippen molar-refractivity contribution in [2.45, 2.75) is 39.2 Å². The fourth-order valence-electron chi connectivity index (χ4n) is 2.02. The van der Waals surface area contributed by atoms with Crippen LogP contribution in [0.2, 0.25) is 0 Å². The molecule has 1 aromatic carbocycles. The predicted octanol–water partition coefficient (Wildman–Crippen LogP) is -1.99. The molecular formula is C16H28Br2S2. The summed E-state index contributed by atoms with van der Waals surface area (Å²) in [5.41, 5.74) is 3.05. The van der Waals surface area contributed by atoms with Gasteiger partial charge in [0, 0.05) is 11.1 Å². The molecule has 0 saturated heterocycles. The highest BCUT2D eigenvalue weighted by Crippen LogP contribution is 2.14. The van der Waals surface area contributed by atoms with Crippen LogP contribution in [0, 0.1) is 0 Å². The van der Waals surface area contributed by atoms with E-state index in [1.807, 2.05) is 0 Å². The minimum absolute atomic E-state index is 0. The van der Waals surface area contributed by atoms with Crippen molar-refractivity contribution in [3.05, 3.63) is 35.4 Å². The number of hydrogen-bond donors (Lipinski definition) is 0. The summed E-state index contributed by atoms with van der Waals surface area (Å²) in [5, 5.41) is 0. The number of rotatable bonds is 8. The van der Waals surface area contributed by atoms with E-state index in [0.29, 0.717) is 21.8 Å². The molecule has 0 amide bonds. The third-order valence-electron chi connectivity index (χ3n) is 3.40. The summed E-state index contributed by atoms with van der Waals surface area (Å²) in [5.74, 6) is 7.86. The normalized spacial score (nSPS) is 10.3. The summed E-state index contributed by atoms with van der Waals surface area (Å²) >= 11 is 0. The first-order valence-electron chi connectivity index (χ1n) is 7.09. The van der Waals surface area contributed by atoms with Gasteiger partial charge in [-0.15, -0.1) is 0 Å². The molecule has 0 spiro atoms. The maximum absolute atomic E-state index is 2.35. The number of halogens is 2. The van der Waals surface area contributed by atoms with Crippen LogP contribution in [0.3, 0.4) is 0 Å². The number of hydrogen-bond acceptors (Lipinski definition) is 0. The van der Waals surface area contributed by atoms with Gasteiger partial charge in [0.15, 0.2) is 0 Å². The van der Waals surface area contributed by atoms with Gasteiger partial charge in [-0.3, -0.25) is 0 Å². The highest BCUT2D eigenvalue weighted by molar-refractivity contribution is 7.96. The van der Waals surface area contributed by atoms with E-state index in [2.05, 4.69) is 52.0 Å². The molecule has 118 valence electrons. The first kappa shape index (κ1) is 23.2. The fraction of sp³-hybridized carbons (Fsp3) is 0.625. The van der Waals surface area contributed by atoms with Crippen molar-refractivity contribution in [2.75, 3.05) is 23.0 Å². The molecule has 0 atom stereocenters. The molecule has 1 rings (SSSR count). The monoisotopic (exact) mass is 442 g/mol. The molecule has 0 radical (unpaired) electrons. The lowest BCUT2D eigenvalue weighted by molar-refractivity contribution is -0.001000. The maximum atomic E-state index is 2.35. The van der Waals surface area contributed by atoms with Crippen LogP contribution in [0.1, 0.15) is 38.8 Å². The van der Waals surface area contributed by atoms with Crippen molar-refractivity contribution >= 4 is 21.8 Å². The van der Waals surface area contributed by atoms with Gasteiger partial charge in [0.2, 0.25) is 0 Å². The van der Waals surface area contributed by atoms with Crippen molar-refractivity contribution in [1.29, 1.82) is 0 Å². The highest BCUT2D eigenvalue weighted by Gasteiger charge is 2.15. The second kappa shape index (κ2) is 13.5. The van der Waals surface area contributed by atoms with Gasteiger partial charge in [0.05, 0.1) is 0 Å². The Balaban J connectivity index is 0. The molecule has 0 heterocycles. The molecule has 0 aliphatic heterocycles. The molecule has 4 heteroatoms. The Labute approximate surface area is 152 Å². The van der Waals surface area contributed by atoms with Crippen LogP contribution in [0.25, 0.3) is 0 Å². The van der Waals surface area contributed by atoms with Crippen LogP contribution < -0.4 is 34.0 Å². The van der Waals surface area contributed by atoms with Crippen LogP contribution in [-0.2, 0) is 33.3 Å². The molecule has 0 aromatic heterocycles. The van der Waals surface area contributed by atoms with Crippen LogP contribution in [-0.4, -0.2) is 23.0 Å². The summed E-state index contributed by atoms with van der Waals surface area (Å²) in [6.07, 6.45) is 0. The highest BCUT2D eigenvalue weighted by atomic mass is 79.9. The lowest BCUT2D eigenvalue weighted by Gasteiger charge is -2.07. The van der Waals surface area contributed by atoms with Gasteiger partial charge < -0.3 is 34.0 Å². The van der Waals surface area contributed by atoms with Gasteiger partial charge in [0.1, 0.15) is 34.5 Å². The molecule has 0 N–H and O–H groups in total. The van der Waals surface area contributed by atoms with E-state index < -0.39 is 0 Å². The minimum Gasteiger partial charge on any atom is -1.00 e. The molecule has 0 aliphatic carbocycles. The Morgan fingerprint density at radius 3 is 1.05 bits per heavy atom. The van der Waals surface area contributed by atoms with Gasteiger partial charge in [-0.1, -0.05) is 24.3 Å². The molecule has 0 unspecified atom stereocenters. The van der Waals surface area contributed by atoms with Crippen molar-refractivity contribution in [3.63, 3.8) is 0 Å². The smallest absolute Gasteiger partial charge is 0.133 e. The van der Waals surface area contributed by atoms with E-state index in [-0.39, 0.29) is 34.0 Å². The van der Waals surface area contributed by atoms with Gasteiger partial charge in [-0.05, 0) is 49.5 Å². The minimum atomic E-state index is 0. The van der Waals surface area contributed by atoms with Crippen molar-refractivity contribution in [3.8, 4) is 0 Å². The summed E-state index contributed by atoms with van der Waals surface area (Å²) in [6, 6.07) is 9.42. The van der Waals surface area contributed by atoms with Crippen LogP contribution in [0.5, 0.6) is 0 Å². The molecular weight excluding hydrogens is 416 g/mol. The zero-order valence-electron chi connectivity index (χ0n) is 13.1. The standard InChI is InChI=1S/C16H28S2.2BrH/c1-5-17(6-2)13-15-9-11-16(12-10-15)14-18(7-3)8-4;;/h9-12H,5-8,13-14H2,1-4H3;2*1H/q+2;;/p-2. The van der Waals surface area contributed by atoms with Crippen LogP contribution >= 0.6 is 0 Å². The second-order valence-corrected chi connectivity index (χ2v) is 9.82. The second-order valence-electron chi connectivity index (χ2n) is 4.48. The third kappa shape index (κ3) is 8.35. The third-order valence-corrected chi connectivity index (χ3v) is 8.15. The van der Waals surface area contributed by atoms with Gasteiger partial charge in [-0.25, -0.2) is 0 Å². The quantitative estimate of drug-likeness (QED) is 0.408. The van der Waals surface area contributed by atoms with E-state index in [9.17, 15) is 0 Å². The first-order chi connectivity index (χ1) is 8.73. The van der Waals surface area contributed by atoms with Crippen LogP contribution in [0.4, 0.5) is 0 Å². The first-order valence-corrected chi connectivity index (χ1v) is 10.6.